The molecule has 0 fully saturated rings. The van der Waals surface area contributed by atoms with E-state index in [1.54, 1.807) is 17.7 Å². The van der Waals surface area contributed by atoms with Crippen molar-refractivity contribution in [1.29, 1.82) is 0 Å². The Morgan fingerprint density at radius 2 is 2.09 bits per heavy atom. The molecule has 1 heterocycles. The number of pyridine rings is 1. The molecule has 4 N–H and O–H groups in total. The summed E-state index contributed by atoms with van der Waals surface area (Å²) in [6.45, 7) is 2.07. The number of carbonyl (C=O) groups excluding carboxylic acids is 1. The van der Waals surface area contributed by atoms with Gasteiger partial charge < -0.3 is 10.1 Å². The van der Waals surface area contributed by atoms with E-state index in [1.807, 2.05) is 32.2 Å². The van der Waals surface area contributed by atoms with Crippen LogP contribution in [0.1, 0.15) is 11.3 Å². The lowest BCUT2D eigenvalue weighted by atomic mass is 10.2. The lowest BCUT2D eigenvalue weighted by Gasteiger charge is -2.13. The third-order valence-corrected chi connectivity index (χ3v) is 2.74. The summed E-state index contributed by atoms with van der Waals surface area (Å²) in [6.07, 6.45) is 1.96. The Labute approximate surface area is 128 Å². The molecule has 0 aliphatic heterocycles. The first-order valence-electron chi connectivity index (χ1n) is 6.53. The number of anilines is 1. The fourth-order valence-electron chi connectivity index (χ4n) is 1.71. The summed E-state index contributed by atoms with van der Waals surface area (Å²) in [6, 6.07) is 8.74. The smallest absolute Gasteiger partial charge is 0.221 e. The number of carbonyl (C=O) groups is 1. The molecule has 6 nitrogen and oxygen atoms in total. The number of halogens is 1. The van der Waals surface area contributed by atoms with Crippen molar-refractivity contribution < 1.29 is 13.9 Å². The molecule has 0 spiro atoms. The minimum absolute atomic E-state index is 0.117. The SMILES string of the molecule is CNc1cccc(C)c1OCc1ncccc1F.NNC=O. The lowest BCUT2D eigenvalue weighted by molar-refractivity contribution is -0.109. The molecule has 2 rings (SSSR count). The molecule has 0 saturated carbocycles. The molecule has 0 aliphatic rings. The fraction of sp³-hybridized carbons (Fsp3) is 0.200. The summed E-state index contributed by atoms with van der Waals surface area (Å²) in [7, 11) is 1.82. The first-order chi connectivity index (χ1) is 10.6. The highest BCUT2D eigenvalue weighted by Crippen LogP contribution is 2.28. The van der Waals surface area contributed by atoms with E-state index in [1.165, 1.54) is 6.07 Å². The second-order valence-corrected chi connectivity index (χ2v) is 4.21. The van der Waals surface area contributed by atoms with E-state index < -0.39 is 0 Å². The Hall–Kier alpha value is -2.67. The van der Waals surface area contributed by atoms with Gasteiger partial charge >= 0.3 is 0 Å². The molecule has 2 aromatic rings. The quantitative estimate of drug-likeness (QED) is 0.339. The second-order valence-electron chi connectivity index (χ2n) is 4.21. The zero-order valence-electron chi connectivity index (χ0n) is 12.5. The van der Waals surface area contributed by atoms with Crippen molar-refractivity contribution in [2.24, 2.45) is 5.84 Å². The molecule has 1 aromatic heterocycles. The van der Waals surface area contributed by atoms with Crippen LogP contribution in [0.3, 0.4) is 0 Å². The Balaban J connectivity index is 0.000000541. The van der Waals surface area contributed by atoms with Crippen LogP contribution in [0.2, 0.25) is 0 Å². The number of aryl methyl sites for hydroxylation is 1. The maximum Gasteiger partial charge on any atom is 0.221 e. The van der Waals surface area contributed by atoms with Crippen LogP contribution in [-0.2, 0) is 11.4 Å². The predicted octanol–water partition coefficient (Wildman–Crippen LogP) is 1.76. The van der Waals surface area contributed by atoms with Crippen molar-refractivity contribution in [2.75, 3.05) is 12.4 Å². The summed E-state index contributed by atoms with van der Waals surface area (Å²) >= 11 is 0. The van der Waals surface area contributed by atoms with Crippen molar-refractivity contribution in [2.45, 2.75) is 13.5 Å². The van der Waals surface area contributed by atoms with Crippen molar-refractivity contribution >= 4 is 12.1 Å². The Morgan fingerprint density at radius 1 is 1.36 bits per heavy atom. The maximum absolute atomic E-state index is 13.4. The largest absolute Gasteiger partial charge is 0.485 e. The van der Waals surface area contributed by atoms with E-state index >= 15 is 0 Å². The number of rotatable bonds is 5. The van der Waals surface area contributed by atoms with Crippen LogP contribution >= 0.6 is 0 Å². The number of nitrogens with one attached hydrogen (secondary N) is 2. The number of hydrogen-bond donors (Lipinski definition) is 3. The monoisotopic (exact) mass is 306 g/mol. The molecular formula is C15H19FN4O2. The average molecular weight is 306 g/mol. The number of nitrogens with zero attached hydrogens (tertiary/aromatic N) is 1. The third kappa shape index (κ3) is 5.02. The molecule has 0 saturated heterocycles. The van der Waals surface area contributed by atoms with E-state index in [0.717, 1.165) is 17.0 Å². The molecule has 0 unspecified atom stereocenters. The van der Waals surface area contributed by atoms with Crippen molar-refractivity contribution in [3.8, 4) is 5.75 Å². The standard InChI is InChI=1S/C14H15FN2O.CH4N2O/c1-10-5-3-7-12(16-2)14(10)18-9-13-11(15)6-4-8-17-13;2-3-1-4/h3-8,16H,9H2,1-2H3;1H,2H2,(H,3,4). The molecule has 0 aliphatic carbocycles. The van der Waals surface area contributed by atoms with Crippen molar-refractivity contribution in [3.05, 3.63) is 53.6 Å². The van der Waals surface area contributed by atoms with E-state index in [0.29, 0.717) is 12.1 Å². The van der Waals surface area contributed by atoms with Gasteiger partial charge in [-0.2, -0.15) is 0 Å². The molecule has 1 amide bonds. The first-order valence-corrected chi connectivity index (χ1v) is 6.53. The van der Waals surface area contributed by atoms with Gasteiger partial charge in [0.25, 0.3) is 0 Å². The Morgan fingerprint density at radius 3 is 2.68 bits per heavy atom. The number of ether oxygens (including phenoxy) is 1. The van der Waals surface area contributed by atoms with Gasteiger partial charge in [-0.1, -0.05) is 12.1 Å². The van der Waals surface area contributed by atoms with Crippen LogP contribution in [0.5, 0.6) is 5.75 Å². The minimum Gasteiger partial charge on any atom is -0.485 e. The normalized spacial score (nSPS) is 9.27. The van der Waals surface area contributed by atoms with Crippen LogP contribution in [0.15, 0.2) is 36.5 Å². The lowest BCUT2D eigenvalue weighted by Crippen LogP contribution is -2.18. The van der Waals surface area contributed by atoms with E-state index in [-0.39, 0.29) is 12.4 Å². The van der Waals surface area contributed by atoms with Crippen LogP contribution < -0.4 is 21.3 Å². The minimum atomic E-state index is -0.350. The van der Waals surface area contributed by atoms with Gasteiger partial charge in [-0.05, 0) is 30.7 Å². The van der Waals surface area contributed by atoms with Gasteiger partial charge in [0.2, 0.25) is 6.41 Å². The van der Waals surface area contributed by atoms with Gasteiger partial charge in [-0.25, -0.2) is 10.2 Å². The zero-order valence-corrected chi connectivity index (χ0v) is 12.5. The Bertz CT molecular complexity index is 608. The van der Waals surface area contributed by atoms with Crippen molar-refractivity contribution in [3.63, 3.8) is 0 Å². The molecule has 0 radical (unpaired) electrons. The van der Waals surface area contributed by atoms with Gasteiger partial charge in [-0.15, -0.1) is 0 Å². The van der Waals surface area contributed by atoms with E-state index in [9.17, 15) is 4.39 Å². The molecule has 0 bridgehead atoms. The summed E-state index contributed by atoms with van der Waals surface area (Å²) < 4.78 is 19.1. The van der Waals surface area contributed by atoms with Gasteiger partial charge in [-0.3, -0.25) is 15.2 Å². The number of hydrazine groups is 1. The van der Waals surface area contributed by atoms with Crippen LogP contribution in [0, 0.1) is 12.7 Å². The Kier molecular flexibility index (Phi) is 7.35. The molecule has 22 heavy (non-hydrogen) atoms. The molecular weight excluding hydrogens is 287 g/mol. The van der Waals surface area contributed by atoms with E-state index in [4.69, 9.17) is 9.53 Å². The molecule has 118 valence electrons. The highest BCUT2D eigenvalue weighted by atomic mass is 19.1. The summed E-state index contributed by atoms with van der Waals surface area (Å²) in [5, 5.41) is 3.05. The zero-order chi connectivity index (χ0) is 16.4. The number of para-hydroxylation sites is 1. The van der Waals surface area contributed by atoms with Crippen molar-refractivity contribution in [1.82, 2.24) is 10.4 Å². The number of benzene rings is 1. The number of amides is 1. The maximum atomic E-state index is 13.4. The number of aromatic nitrogens is 1. The number of hydrogen-bond acceptors (Lipinski definition) is 5. The highest BCUT2D eigenvalue weighted by Gasteiger charge is 2.08. The van der Waals surface area contributed by atoms with Crippen LogP contribution in [-0.4, -0.2) is 18.4 Å². The third-order valence-electron chi connectivity index (χ3n) is 2.74. The topological polar surface area (TPSA) is 89.3 Å². The molecule has 7 heteroatoms. The van der Waals surface area contributed by atoms with Gasteiger partial charge in [0.05, 0.1) is 5.69 Å². The van der Waals surface area contributed by atoms with Gasteiger partial charge in [0, 0.05) is 13.2 Å². The highest BCUT2D eigenvalue weighted by molar-refractivity contribution is 5.59. The van der Waals surface area contributed by atoms with Crippen LogP contribution in [0.4, 0.5) is 10.1 Å². The van der Waals surface area contributed by atoms with Gasteiger partial charge in [0.1, 0.15) is 23.9 Å². The van der Waals surface area contributed by atoms with Gasteiger partial charge in [0.15, 0.2) is 0 Å². The average Bonchev–Trinajstić information content (AvgIpc) is 2.55. The summed E-state index contributed by atoms with van der Waals surface area (Å²) in [4.78, 5) is 12.9. The summed E-state index contributed by atoms with van der Waals surface area (Å²) in [5.41, 5.74) is 3.94. The van der Waals surface area contributed by atoms with E-state index in [2.05, 4.69) is 16.1 Å². The second kappa shape index (κ2) is 9.30. The summed E-state index contributed by atoms with van der Waals surface area (Å²) in [5.74, 6) is 4.79. The predicted molar refractivity (Wildman–Crippen MR) is 82.6 cm³/mol. The molecule has 0 atom stereocenters. The van der Waals surface area contributed by atoms with Crippen LogP contribution in [0.25, 0.3) is 0 Å². The molecule has 1 aromatic carbocycles. The number of nitrogens with two attached hydrogens (primary N) is 1. The fourth-order valence-corrected chi connectivity index (χ4v) is 1.71. The first kappa shape index (κ1) is 17.4.